The minimum absolute atomic E-state index is 0.884. The minimum Gasteiger partial charge on any atom is -0.331 e. The second kappa shape index (κ2) is 5.60. The Kier molecular flexibility index (Phi) is 4.40. The maximum atomic E-state index is 4.31. The van der Waals surface area contributed by atoms with Crippen LogP contribution in [0.2, 0.25) is 0 Å². The molecule has 3 heteroatoms. The van der Waals surface area contributed by atoms with Crippen molar-refractivity contribution in [1.29, 1.82) is 0 Å². The first kappa shape index (κ1) is 11.0. The van der Waals surface area contributed by atoms with Gasteiger partial charge in [0, 0.05) is 19.3 Å². The van der Waals surface area contributed by atoms with E-state index < -0.39 is 0 Å². The van der Waals surface area contributed by atoms with Gasteiger partial charge in [-0.2, -0.15) is 0 Å². The quantitative estimate of drug-likeness (QED) is 0.552. The molecule has 1 N–H and O–H groups in total. The number of rotatable bonds is 6. The lowest BCUT2D eigenvalue weighted by Gasteiger charge is -2.08. The summed E-state index contributed by atoms with van der Waals surface area (Å²) >= 11 is 0. The van der Waals surface area contributed by atoms with Crippen molar-refractivity contribution in [2.45, 2.75) is 32.9 Å². The maximum absolute atomic E-state index is 4.31. The third-order valence-corrected chi connectivity index (χ3v) is 2.29. The van der Waals surface area contributed by atoms with Crippen LogP contribution in [0.15, 0.2) is 18.9 Å². The summed E-state index contributed by atoms with van der Waals surface area (Å²) in [7, 11) is 1.95. The molecule has 78 valence electrons. The number of aromatic nitrogens is 2. The molecular formula is C11H19N3. The molecule has 14 heavy (non-hydrogen) atoms. The highest BCUT2D eigenvalue weighted by Gasteiger charge is 2.04. The number of imidazole rings is 1. The summed E-state index contributed by atoms with van der Waals surface area (Å²) in [6.45, 7) is 7.69. The first-order chi connectivity index (χ1) is 6.79. The van der Waals surface area contributed by atoms with Gasteiger partial charge in [0.1, 0.15) is 5.82 Å². The summed E-state index contributed by atoms with van der Waals surface area (Å²) in [6.07, 6.45) is 6.11. The molecule has 1 aromatic rings. The molecule has 1 rings (SSSR count). The minimum atomic E-state index is 0.884. The normalized spacial score (nSPS) is 10.4. The van der Waals surface area contributed by atoms with E-state index in [0.29, 0.717) is 0 Å². The zero-order valence-electron chi connectivity index (χ0n) is 9.08. The molecule has 0 aliphatic heterocycles. The Balaban J connectivity index is 2.62. The maximum Gasteiger partial charge on any atom is 0.105 e. The molecule has 0 spiro atoms. The standard InChI is InChI=1S/C11H19N3/c1-4-5-6-7-14-10(2)13-9-11(14)8-12-3/h4,9,12H,1,5-8H2,2-3H3. The van der Waals surface area contributed by atoms with E-state index in [0.717, 1.165) is 31.8 Å². The van der Waals surface area contributed by atoms with Crippen LogP contribution in [0.5, 0.6) is 0 Å². The molecule has 1 aromatic heterocycles. The van der Waals surface area contributed by atoms with Gasteiger partial charge >= 0.3 is 0 Å². The van der Waals surface area contributed by atoms with Crippen LogP contribution in [0.3, 0.4) is 0 Å². The van der Waals surface area contributed by atoms with Crippen molar-refractivity contribution in [2.75, 3.05) is 7.05 Å². The Morgan fingerprint density at radius 2 is 2.43 bits per heavy atom. The van der Waals surface area contributed by atoms with Gasteiger partial charge in [-0.05, 0) is 26.8 Å². The summed E-state index contributed by atoms with van der Waals surface area (Å²) in [5.74, 6) is 1.10. The predicted molar refractivity (Wildman–Crippen MR) is 59.2 cm³/mol. The van der Waals surface area contributed by atoms with E-state index in [-0.39, 0.29) is 0 Å². The monoisotopic (exact) mass is 193 g/mol. The molecule has 0 unspecified atom stereocenters. The molecule has 3 nitrogen and oxygen atoms in total. The summed E-state index contributed by atoms with van der Waals surface area (Å²) in [5, 5.41) is 3.15. The van der Waals surface area contributed by atoms with Gasteiger partial charge in [-0.25, -0.2) is 4.98 Å². The number of hydrogen-bond acceptors (Lipinski definition) is 2. The highest BCUT2D eigenvalue weighted by Crippen LogP contribution is 2.06. The number of aryl methyl sites for hydroxylation is 1. The molecule has 0 bridgehead atoms. The Morgan fingerprint density at radius 1 is 1.64 bits per heavy atom. The van der Waals surface area contributed by atoms with E-state index in [2.05, 4.69) is 21.4 Å². The van der Waals surface area contributed by atoms with E-state index in [1.807, 2.05) is 26.2 Å². The Bertz CT molecular complexity index is 289. The van der Waals surface area contributed by atoms with Crippen LogP contribution in [-0.2, 0) is 13.1 Å². The summed E-state index contributed by atoms with van der Waals surface area (Å²) < 4.78 is 2.26. The smallest absolute Gasteiger partial charge is 0.105 e. The van der Waals surface area contributed by atoms with Crippen molar-refractivity contribution < 1.29 is 0 Å². The van der Waals surface area contributed by atoms with Crippen LogP contribution in [0.1, 0.15) is 24.4 Å². The largest absolute Gasteiger partial charge is 0.331 e. The lowest BCUT2D eigenvalue weighted by molar-refractivity contribution is 0.594. The number of nitrogens with one attached hydrogen (secondary N) is 1. The van der Waals surface area contributed by atoms with Crippen LogP contribution >= 0.6 is 0 Å². The molecule has 0 amide bonds. The number of unbranched alkanes of at least 4 members (excludes halogenated alkanes) is 1. The predicted octanol–water partition coefficient (Wildman–Crippen LogP) is 1.88. The molecular weight excluding hydrogens is 174 g/mol. The third-order valence-electron chi connectivity index (χ3n) is 2.29. The average Bonchev–Trinajstić information content (AvgIpc) is 2.50. The molecule has 0 radical (unpaired) electrons. The molecule has 0 aliphatic carbocycles. The van der Waals surface area contributed by atoms with Crippen molar-refractivity contribution in [3.8, 4) is 0 Å². The molecule has 0 saturated heterocycles. The molecule has 0 saturated carbocycles. The van der Waals surface area contributed by atoms with Gasteiger partial charge in [0.25, 0.3) is 0 Å². The van der Waals surface area contributed by atoms with Gasteiger partial charge in [0.2, 0.25) is 0 Å². The topological polar surface area (TPSA) is 29.9 Å². The van der Waals surface area contributed by atoms with E-state index >= 15 is 0 Å². The Morgan fingerprint density at radius 3 is 3.07 bits per heavy atom. The van der Waals surface area contributed by atoms with Crippen molar-refractivity contribution in [2.24, 2.45) is 0 Å². The lowest BCUT2D eigenvalue weighted by Crippen LogP contribution is -2.12. The molecule has 1 heterocycles. The van der Waals surface area contributed by atoms with E-state index in [1.165, 1.54) is 5.69 Å². The first-order valence-corrected chi connectivity index (χ1v) is 5.06. The lowest BCUT2D eigenvalue weighted by atomic mass is 10.3. The highest BCUT2D eigenvalue weighted by molar-refractivity contribution is 5.04. The average molecular weight is 193 g/mol. The second-order valence-corrected chi connectivity index (χ2v) is 3.41. The van der Waals surface area contributed by atoms with Crippen molar-refractivity contribution in [3.05, 3.63) is 30.4 Å². The fourth-order valence-electron chi connectivity index (χ4n) is 1.54. The van der Waals surface area contributed by atoms with Crippen molar-refractivity contribution in [3.63, 3.8) is 0 Å². The zero-order valence-corrected chi connectivity index (χ0v) is 9.08. The number of allylic oxidation sites excluding steroid dienone is 1. The number of hydrogen-bond donors (Lipinski definition) is 1. The van der Waals surface area contributed by atoms with Gasteiger partial charge < -0.3 is 9.88 Å². The zero-order chi connectivity index (χ0) is 10.4. The summed E-state index contributed by atoms with van der Waals surface area (Å²) in [4.78, 5) is 4.31. The van der Waals surface area contributed by atoms with Crippen LogP contribution < -0.4 is 5.32 Å². The van der Waals surface area contributed by atoms with Gasteiger partial charge in [-0.15, -0.1) is 6.58 Å². The van der Waals surface area contributed by atoms with E-state index in [1.54, 1.807) is 0 Å². The molecule has 0 atom stereocenters. The Hall–Kier alpha value is -1.09. The van der Waals surface area contributed by atoms with Crippen LogP contribution in [-0.4, -0.2) is 16.6 Å². The first-order valence-electron chi connectivity index (χ1n) is 5.06. The Labute approximate surface area is 85.8 Å². The SMILES string of the molecule is C=CCCCn1c(CNC)cnc1C. The van der Waals surface area contributed by atoms with Crippen LogP contribution in [0, 0.1) is 6.92 Å². The third kappa shape index (κ3) is 2.70. The fourth-order valence-corrected chi connectivity index (χ4v) is 1.54. The van der Waals surface area contributed by atoms with Gasteiger partial charge in [-0.1, -0.05) is 6.08 Å². The van der Waals surface area contributed by atoms with E-state index in [9.17, 15) is 0 Å². The highest BCUT2D eigenvalue weighted by atomic mass is 15.1. The van der Waals surface area contributed by atoms with Crippen LogP contribution in [0.25, 0.3) is 0 Å². The molecule has 0 aromatic carbocycles. The summed E-state index contributed by atoms with van der Waals surface area (Å²) in [5.41, 5.74) is 1.26. The fraction of sp³-hybridized carbons (Fsp3) is 0.545. The van der Waals surface area contributed by atoms with Crippen molar-refractivity contribution in [1.82, 2.24) is 14.9 Å². The van der Waals surface area contributed by atoms with Crippen LogP contribution in [0.4, 0.5) is 0 Å². The van der Waals surface area contributed by atoms with Gasteiger partial charge in [-0.3, -0.25) is 0 Å². The van der Waals surface area contributed by atoms with Gasteiger partial charge in [0.05, 0.1) is 5.69 Å². The van der Waals surface area contributed by atoms with Gasteiger partial charge in [0.15, 0.2) is 0 Å². The summed E-state index contributed by atoms with van der Waals surface area (Å²) in [6, 6.07) is 0. The number of nitrogens with zero attached hydrogens (tertiary/aromatic N) is 2. The molecule has 0 fully saturated rings. The van der Waals surface area contributed by atoms with E-state index in [4.69, 9.17) is 0 Å². The van der Waals surface area contributed by atoms with Crippen molar-refractivity contribution >= 4 is 0 Å². The molecule has 0 aliphatic rings. The second-order valence-electron chi connectivity index (χ2n) is 3.41.